The number of carbonyl (C=O) groups is 2. The van der Waals surface area contributed by atoms with Crippen molar-refractivity contribution >= 4 is 40.7 Å². The van der Waals surface area contributed by atoms with Crippen LogP contribution in [0, 0.1) is 0 Å². The van der Waals surface area contributed by atoms with Gasteiger partial charge >= 0.3 is 12.1 Å². The second-order valence-electron chi connectivity index (χ2n) is 8.89. The molecule has 0 saturated carbocycles. The number of fused-ring (bicyclic) bond motifs is 3. The van der Waals surface area contributed by atoms with E-state index in [0.29, 0.717) is 25.6 Å². The van der Waals surface area contributed by atoms with Crippen LogP contribution in [-0.2, 0) is 10.9 Å². The van der Waals surface area contributed by atoms with Gasteiger partial charge in [-0.05, 0) is 42.8 Å². The summed E-state index contributed by atoms with van der Waals surface area (Å²) in [7, 11) is 0. The minimum absolute atomic E-state index is 0.0796. The smallest absolute Gasteiger partial charge is 0.365 e. The molecule has 3 aliphatic rings. The number of hydrogen-bond acceptors (Lipinski definition) is 4. The second-order valence-corrected chi connectivity index (χ2v) is 9.70. The minimum Gasteiger partial charge on any atom is -0.365 e. The number of anilines is 1. The van der Waals surface area contributed by atoms with E-state index in [1.165, 1.54) is 18.2 Å². The van der Waals surface area contributed by atoms with Crippen LogP contribution in [0.15, 0.2) is 84.0 Å². The SMILES string of the molecule is O=C(Nc1ccc(C(=O)[N+]23CCOCC2=CNC=C2CC=CC=C23)c(Cl)c1)c1cc(C(F)(F)F)ccc1Cl. The monoisotopic (exact) mass is 562 g/mol. The average molecular weight is 563 g/mol. The molecule has 2 aliphatic heterocycles. The van der Waals surface area contributed by atoms with Crippen molar-refractivity contribution in [3.8, 4) is 0 Å². The summed E-state index contributed by atoms with van der Waals surface area (Å²) in [6.45, 7) is 0.984. The predicted molar refractivity (Wildman–Crippen MR) is 137 cm³/mol. The lowest BCUT2D eigenvalue weighted by molar-refractivity contribution is -0.779. The molecule has 0 radical (unpaired) electrons. The van der Waals surface area contributed by atoms with Crippen molar-refractivity contribution in [2.45, 2.75) is 12.6 Å². The first-order valence-electron chi connectivity index (χ1n) is 11.6. The van der Waals surface area contributed by atoms with Gasteiger partial charge in [-0.1, -0.05) is 35.4 Å². The van der Waals surface area contributed by atoms with Crippen molar-refractivity contribution < 1.29 is 32.0 Å². The lowest BCUT2D eigenvalue weighted by Gasteiger charge is -2.41. The maximum Gasteiger partial charge on any atom is 0.416 e. The van der Waals surface area contributed by atoms with Crippen molar-refractivity contribution in [1.82, 2.24) is 5.32 Å². The van der Waals surface area contributed by atoms with E-state index in [-0.39, 0.29) is 43.9 Å². The lowest BCUT2D eigenvalue weighted by Crippen LogP contribution is -2.56. The van der Waals surface area contributed by atoms with Crippen molar-refractivity contribution in [3.05, 3.63) is 111 Å². The van der Waals surface area contributed by atoms with Gasteiger partial charge in [0.05, 0.1) is 39.5 Å². The quantitative estimate of drug-likeness (QED) is 0.423. The Kier molecular flexibility index (Phi) is 6.96. The van der Waals surface area contributed by atoms with Crippen LogP contribution < -0.4 is 10.6 Å². The summed E-state index contributed by atoms with van der Waals surface area (Å²) in [5.41, 5.74) is 1.60. The Labute approximate surface area is 226 Å². The van der Waals surface area contributed by atoms with Gasteiger partial charge in [0.1, 0.15) is 13.2 Å². The first-order chi connectivity index (χ1) is 18.1. The Bertz CT molecular complexity index is 1460. The van der Waals surface area contributed by atoms with Crippen molar-refractivity contribution in [2.24, 2.45) is 0 Å². The number of ether oxygens (including phenoxy) is 1. The van der Waals surface area contributed by atoms with Crippen molar-refractivity contribution in [2.75, 3.05) is 25.1 Å². The number of nitrogens with one attached hydrogen (secondary N) is 2. The first kappa shape index (κ1) is 26.2. The number of carbonyl (C=O) groups excluding carboxylic acids is 2. The number of morpholine rings is 1. The molecule has 2 aromatic carbocycles. The summed E-state index contributed by atoms with van der Waals surface area (Å²) < 4.78 is 44.9. The van der Waals surface area contributed by atoms with Gasteiger partial charge < -0.3 is 15.4 Å². The summed E-state index contributed by atoms with van der Waals surface area (Å²) in [6.07, 6.45) is 5.50. The maximum atomic E-state index is 14.2. The first-order valence-corrected chi connectivity index (χ1v) is 12.4. The lowest BCUT2D eigenvalue weighted by atomic mass is 9.98. The highest BCUT2D eigenvalue weighted by Crippen LogP contribution is 2.40. The largest absolute Gasteiger partial charge is 0.416 e. The molecule has 2 aromatic rings. The number of halogens is 5. The number of hydrogen-bond donors (Lipinski definition) is 2. The predicted octanol–water partition coefficient (Wildman–Crippen LogP) is 6.42. The molecule has 0 bridgehead atoms. The number of nitrogens with zero attached hydrogens (tertiary/aromatic N) is 1. The zero-order valence-corrected chi connectivity index (χ0v) is 21.3. The standard InChI is InChI=1S/C27H20Cl2F3N3O3/c28-22-8-5-17(27(30,31)32)11-21(22)25(36)34-18-6-7-20(23(29)12-18)26(37)35-9-10-38-15-19(35)14-33-13-16-3-1-2-4-24(16)35/h1-2,4-8,11-14,33H,3,9-10,15H2/p+1. The Morgan fingerprint density at radius 1 is 1.03 bits per heavy atom. The highest BCUT2D eigenvalue weighted by molar-refractivity contribution is 6.35. The third kappa shape index (κ3) is 4.67. The fourth-order valence-corrected chi connectivity index (χ4v) is 5.22. The van der Waals surface area contributed by atoms with E-state index >= 15 is 0 Å². The molecular weight excluding hydrogens is 542 g/mol. The molecule has 1 saturated heterocycles. The number of alkyl halides is 3. The molecule has 2 N–H and O–H groups in total. The molecular formula is C27H21Cl2F3N3O3+. The average Bonchev–Trinajstić information content (AvgIpc) is 3.05. The summed E-state index contributed by atoms with van der Waals surface area (Å²) in [6, 6.07) is 6.86. The Morgan fingerprint density at radius 3 is 2.61 bits per heavy atom. The molecule has 11 heteroatoms. The zero-order valence-electron chi connectivity index (χ0n) is 19.7. The fraction of sp³-hybridized carbons (Fsp3) is 0.185. The number of benzene rings is 2. The normalized spacial score (nSPS) is 20.6. The number of quaternary nitrogens is 1. The highest BCUT2D eigenvalue weighted by atomic mass is 35.5. The molecule has 38 heavy (non-hydrogen) atoms. The Morgan fingerprint density at radius 2 is 1.84 bits per heavy atom. The van der Waals surface area contributed by atoms with E-state index in [2.05, 4.69) is 10.6 Å². The molecule has 1 unspecified atom stereocenters. The van der Waals surface area contributed by atoms with Gasteiger partial charge in [0.25, 0.3) is 5.91 Å². The van der Waals surface area contributed by atoms with E-state index in [4.69, 9.17) is 27.9 Å². The molecule has 2 heterocycles. The molecule has 6 nitrogen and oxygen atoms in total. The van der Waals surface area contributed by atoms with Crippen molar-refractivity contribution in [1.29, 1.82) is 0 Å². The zero-order chi connectivity index (χ0) is 27.1. The van der Waals surface area contributed by atoms with E-state index < -0.39 is 17.6 Å². The summed E-state index contributed by atoms with van der Waals surface area (Å²) >= 11 is 12.6. The van der Waals surface area contributed by atoms with E-state index in [1.54, 1.807) is 6.20 Å². The van der Waals surface area contributed by atoms with Crippen LogP contribution in [0.1, 0.15) is 32.7 Å². The third-order valence-corrected chi connectivity index (χ3v) is 7.27. The number of rotatable bonds is 3. The van der Waals surface area contributed by atoms with Crippen LogP contribution in [0.5, 0.6) is 0 Å². The number of allylic oxidation sites excluding steroid dienone is 4. The van der Waals surface area contributed by atoms with Crippen LogP contribution in [0.3, 0.4) is 0 Å². The van der Waals surface area contributed by atoms with Crippen molar-refractivity contribution in [3.63, 3.8) is 0 Å². The molecule has 0 aromatic heterocycles. The molecule has 2 amide bonds. The van der Waals surface area contributed by atoms with Gasteiger partial charge in [0, 0.05) is 23.5 Å². The Balaban J connectivity index is 1.46. The summed E-state index contributed by atoms with van der Waals surface area (Å²) in [4.78, 5) is 26.9. The Hall–Kier alpha value is -3.37. The minimum atomic E-state index is -4.63. The molecule has 5 rings (SSSR count). The summed E-state index contributed by atoms with van der Waals surface area (Å²) in [5.74, 6) is -1.11. The van der Waals surface area contributed by atoms with Gasteiger partial charge in [0.15, 0.2) is 11.4 Å². The van der Waals surface area contributed by atoms with Crippen LogP contribution >= 0.6 is 23.2 Å². The third-order valence-electron chi connectivity index (χ3n) is 6.63. The van der Waals surface area contributed by atoms with E-state index in [0.717, 1.165) is 29.1 Å². The second kappa shape index (κ2) is 10.1. The van der Waals surface area contributed by atoms with Crippen LogP contribution in [0.2, 0.25) is 10.0 Å². The van der Waals surface area contributed by atoms with Crippen LogP contribution in [0.25, 0.3) is 0 Å². The number of amides is 2. The van der Waals surface area contributed by atoms with E-state index in [1.807, 2.05) is 24.4 Å². The van der Waals surface area contributed by atoms with Crippen LogP contribution in [-0.4, -0.2) is 36.1 Å². The van der Waals surface area contributed by atoms with Gasteiger partial charge in [-0.3, -0.25) is 4.79 Å². The van der Waals surface area contributed by atoms with Crippen LogP contribution in [0.4, 0.5) is 18.9 Å². The fourth-order valence-electron chi connectivity index (χ4n) is 4.76. The molecule has 0 spiro atoms. The van der Waals surface area contributed by atoms with Gasteiger partial charge in [-0.15, -0.1) is 0 Å². The topological polar surface area (TPSA) is 67.4 Å². The maximum absolute atomic E-state index is 14.2. The molecule has 1 atom stereocenters. The highest BCUT2D eigenvalue weighted by Gasteiger charge is 2.50. The molecule has 1 fully saturated rings. The van der Waals surface area contributed by atoms with Gasteiger partial charge in [0.2, 0.25) is 0 Å². The van der Waals surface area contributed by atoms with Gasteiger partial charge in [-0.2, -0.15) is 17.7 Å². The van der Waals surface area contributed by atoms with Gasteiger partial charge in [-0.25, -0.2) is 4.79 Å². The summed E-state index contributed by atoms with van der Waals surface area (Å²) in [5, 5.41) is 5.60. The molecule has 196 valence electrons. The molecule has 1 aliphatic carbocycles. The van der Waals surface area contributed by atoms with E-state index in [9.17, 15) is 22.8 Å².